The zero-order chi connectivity index (χ0) is 11.5. The number of aliphatic carboxylic acids is 1. The second kappa shape index (κ2) is 4.06. The van der Waals surface area contributed by atoms with E-state index in [1.807, 2.05) is 6.07 Å². The molecular weight excluding hydrogens is 204 g/mol. The molecule has 2 aromatic rings. The van der Waals surface area contributed by atoms with Gasteiger partial charge < -0.3 is 10.2 Å². The van der Waals surface area contributed by atoms with Crippen molar-refractivity contribution in [1.82, 2.24) is 0 Å². The predicted molar refractivity (Wildman–Crippen MR) is 62.3 cm³/mol. The Labute approximate surface area is 92.3 Å². The van der Waals surface area contributed by atoms with E-state index in [1.54, 1.807) is 30.3 Å². The third-order valence-corrected chi connectivity index (χ3v) is 2.34. The Morgan fingerprint density at radius 3 is 2.50 bits per heavy atom. The highest BCUT2D eigenvalue weighted by Crippen LogP contribution is 2.27. The van der Waals surface area contributed by atoms with Crippen LogP contribution in [0.4, 0.5) is 0 Å². The van der Waals surface area contributed by atoms with E-state index in [4.69, 9.17) is 5.11 Å². The van der Waals surface area contributed by atoms with Gasteiger partial charge in [0.15, 0.2) is 0 Å². The molecule has 80 valence electrons. The third kappa shape index (κ3) is 1.88. The van der Waals surface area contributed by atoms with Crippen LogP contribution in [0.3, 0.4) is 0 Å². The average Bonchev–Trinajstić information content (AvgIpc) is 2.27. The number of carboxylic acid groups (broad SMARTS) is 1. The molecule has 0 amide bonds. The summed E-state index contributed by atoms with van der Waals surface area (Å²) in [6, 6.07) is 10.6. The van der Waals surface area contributed by atoms with Gasteiger partial charge in [0.25, 0.3) is 0 Å². The van der Waals surface area contributed by atoms with Gasteiger partial charge in [-0.1, -0.05) is 30.3 Å². The minimum Gasteiger partial charge on any atom is -0.507 e. The summed E-state index contributed by atoms with van der Waals surface area (Å²) in [6.07, 6.45) is 2.60. The third-order valence-electron chi connectivity index (χ3n) is 2.34. The number of hydrogen-bond acceptors (Lipinski definition) is 2. The first-order valence-corrected chi connectivity index (χ1v) is 4.80. The Morgan fingerprint density at radius 1 is 1.06 bits per heavy atom. The summed E-state index contributed by atoms with van der Waals surface area (Å²) < 4.78 is 0. The molecule has 16 heavy (non-hydrogen) atoms. The lowest BCUT2D eigenvalue weighted by Gasteiger charge is -2.03. The number of phenols is 1. The van der Waals surface area contributed by atoms with Crippen LogP contribution < -0.4 is 0 Å². The maximum absolute atomic E-state index is 10.4. The summed E-state index contributed by atoms with van der Waals surface area (Å²) in [5, 5.41) is 19.7. The van der Waals surface area contributed by atoms with Crippen molar-refractivity contribution in [1.29, 1.82) is 0 Å². The first kappa shape index (κ1) is 10.2. The van der Waals surface area contributed by atoms with Crippen molar-refractivity contribution in [2.75, 3.05) is 0 Å². The van der Waals surface area contributed by atoms with Gasteiger partial charge in [-0.2, -0.15) is 0 Å². The molecule has 0 aliphatic rings. The van der Waals surface area contributed by atoms with Gasteiger partial charge in [-0.15, -0.1) is 0 Å². The fourth-order valence-corrected chi connectivity index (χ4v) is 1.62. The highest BCUT2D eigenvalue weighted by atomic mass is 16.4. The topological polar surface area (TPSA) is 57.5 Å². The summed E-state index contributed by atoms with van der Waals surface area (Å²) in [5.74, 6) is -0.791. The summed E-state index contributed by atoms with van der Waals surface area (Å²) in [5.41, 5.74) is 0.774. The molecule has 0 unspecified atom stereocenters. The highest BCUT2D eigenvalue weighted by Gasteiger charge is 2.01. The van der Waals surface area contributed by atoms with Gasteiger partial charge in [-0.3, -0.25) is 0 Å². The molecule has 2 N–H and O–H groups in total. The Balaban J connectivity index is 2.63. The van der Waals surface area contributed by atoms with Crippen molar-refractivity contribution in [2.24, 2.45) is 0 Å². The lowest BCUT2D eigenvalue weighted by Crippen LogP contribution is -1.86. The Kier molecular flexibility index (Phi) is 2.60. The predicted octanol–water partition coefficient (Wildman–Crippen LogP) is 2.64. The SMILES string of the molecule is O=C(O)/C=C/c1cccc2c(O)cccc12. The van der Waals surface area contributed by atoms with Crippen molar-refractivity contribution in [3.8, 4) is 5.75 Å². The van der Waals surface area contributed by atoms with Crippen LogP contribution in [0.25, 0.3) is 16.8 Å². The van der Waals surface area contributed by atoms with Crippen LogP contribution in [0, 0.1) is 0 Å². The number of phenolic OH excluding ortho intramolecular Hbond substituents is 1. The van der Waals surface area contributed by atoms with Crippen LogP contribution in [-0.2, 0) is 4.79 Å². The van der Waals surface area contributed by atoms with Crippen molar-refractivity contribution in [2.45, 2.75) is 0 Å². The maximum atomic E-state index is 10.4. The van der Waals surface area contributed by atoms with Crippen molar-refractivity contribution in [3.05, 3.63) is 48.0 Å². The van der Waals surface area contributed by atoms with Crippen molar-refractivity contribution >= 4 is 22.8 Å². The van der Waals surface area contributed by atoms with E-state index in [9.17, 15) is 9.90 Å². The van der Waals surface area contributed by atoms with Crippen molar-refractivity contribution in [3.63, 3.8) is 0 Å². The molecule has 0 heterocycles. The summed E-state index contributed by atoms with van der Waals surface area (Å²) in [6.45, 7) is 0. The molecule has 0 radical (unpaired) electrons. The zero-order valence-corrected chi connectivity index (χ0v) is 8.42. The van der Waals surface area contributed by atoms with Crippen LogP contribution >= 0.6 is 0 Å². The van der Waals surface area contributed by atoms with E-state index in [2.05, 4.69) is 0 Å². The minimum atomic E-state index is -0.989. The van der Waals surface area contributed by atoms with Gasteiger partial charge in [0, 0.05) is 11.5 Å². The quantitative estimate of drug-likeness (QED) is 0.755. The smallest absolute Gasteiger partial charge is 0.328 e. The van der Waals surface area contributed by atoms with E-state index < -0.39 is 5.97 Å². The number of rotatable bonds is 2. The molecule has 2 aromatic carbocycles. The van der Waals surface area contributed by atoms with E-state index in [0.717, 1.165) is 22.4 Å². The fraction of sp³-hybridized carbons (Fsp3) is 0. The van der Waals surface area contributed by atoms with E-state index >= 15 is 0 Å². The number of carbonyl (C=O) groups is 1. The van der Waals surface area contributed by atoms with Gasteiger partial charge >= 0.3 is 5.97 Å². The summed E-state index contributed by atoms with van der Waals surface area (Å²) >= 11 is 0. The number of aromatic hydroxyl groups is 1. The van der Waals surface area contributed by atoms with Crippen LogP contribution in [0.1, 0.15) is 5.56 Å². The maximum Gasteiger partial charge on any atom is 0.328 e. The second-order valence-corrected chi connectivity index (χ2v) is 3.39. The molecule has 0 spiro atoms. The number of benzene rings is 2. The van der Waals surface area contributed by atoms with Crippen LogP contribution in [0.5, 0.6) is 5.75 Å². The molecule has 0 aliphatic heterocycles. The highest BCUT2D eigenvalue weighted by molar-refractivity contribution is 5.96. The Hall–Kier alpha value is -2.29. The summed E-state index contributed by atoms with van der Waals surface area (Å²) in [4.78, 5) is 10.4. The van der Waals surface area contributed by atoms with Gasteiger partial charge in [-0.25, -0.2) is 4.79 Å². The number of carboxylic acids is 1. The van der Waals surface area contributed by atoms with E-state index in [-0.39, 0.29) is 5.75 Å². The summed E-state index contributed by atoms with van der Waals surface area (Å²) in [7, 11) is 0. The normalized spacial score (nSPS) is 11.0. The standard InChI is InChI=1S/C13H10O3/c14-12-6-2-4-10-9(7-8-13(15)16)3-1-5-11(10)12/h1-8,14H,(H,15,16)/b8-7+. The minimum absolute atomic E-state index is 0.197. The number of hydrogen-bond donors (Lipinski definition) is 2. The van der Waals surface area contributed by atoms with E-state index in [1.165, 1.54) is 6.08 Å². The lowest BCUT2D eigenvalue weighted by molar-refractivity contribution is -0.131. The van der Waals surface area contributed by atoms with Gasteiger partial charge in [0.05, 0.1) is 0 Å². The van der Waals surface area contributed by atoms with Crippen LogP contribution in [0.2, 0.25) is 0 Å². The molecule has 0 bridgehead atoms. The van der Waals surface area contributed by atoms with Crippen LogP contribution in [-0.4, -0.2) is 16.2 Å². The molecule has 2 rings (SSSR count). The Bertz CT molecular complexity index is 570. The molecule has 3 heteroatoms. The first-order valence-electron chi connectivity index (χ1n) is 4.80. The molecule has 0 saturated heterocycles. The molecule has 0 fully saturated rings. The average molecular weight is 214 g/mol. The van der Waals surface area contributed by atoms with Gasteiger partial charge in [-0.05, 0) is 23.1 Å². The Morgan fingerprint density at radius 2 is 1.75 bits per heavy atom. The molecule has 0 saturated carbocycles. The largest absolute Gasteiger partial charge is 0.507 e. The fourth-order valence-electron chi connectivity index (χ4n) is 1.62. The molecule has 0 atom stereocenters. The lowest BCUT2D eigenvalue weighted by atomic mass is 10.0. The number of fused-ring (bicyclic) bond motifs is 1. The molecule has 0 aromatic heterocycles. The molecule has 0 aliphatic carbocycles. The zero-order valence-electron chi connectivity index (χ0n) is 8.42. The second-order valence-electron chi connectivity index (χ2n) is 3.39. The molecule has 3 nitrogen and oxygen atoms in total. The first-order chi connectivity index (χ1) is 7.68. The van der Waals surface area contributed by atoms with Gasteiger partial charge in [0.2, 0.25) is 0 Å². The van der Waals surface area contributed by atoms with Gasteiger partial charge in [0.1, 0.15) is 5.75 Å². The van der Waals surface area contributed by atoms with Crippen LogP contribution in [0.15, 0.2) is 42.5 Å². The van der Waals surface area contributed by atoms with Crippen molar-refractivity contribution < 1.29 is 15.0 Å². The van der Waals surface area contributed by atoms with E-state index in [0.29, 0.717) is 0 Å². The monoisotopic (exact) mass is 214 g/mol. The molecular formula is C13H10O3.